The number of guanidine groups is 1. The summed E-state index contributed by atoms with van der Waals surface area (Å²) in [4.78, 5) is 8.37. The van der Waals surface area contributed by atoms with Gasteiger partial charge in [-0.15, -0.1) is 0 Å². The zero-order chi connectivity index (χ0) is 20.3. The van der Waals surface area contributed by atoms with Gasteiger partial charge in [0.05, 0.1) is 12.2 Å². The Labute approximate surface area is 164 Å². The maximum absolute atomic E-state index is 14.3. The maximum atomic E-state index is 14.3. The van der Waals surface area contributed by atoms with Crippen LogP contribution < -0.4 is 5.32 Å². The molecule has 1 fully saturated rings. The zero-order valence-corrected chi connectivity index (χ0v) is 16.9. The standard InChI is InChI=1S/C20H28F2N6/c1-23-20(28-9-8-14(13-28)15-10-25-27(4)12-15)24-11-18(26(2)3)19-16(21)6-5-7-17(19)22/h5-7,10,12,14,18H,8-9,11,13H2,1-4H3,(H,23,24). The third kappa shape index (κ3) is 4.32. The Bertz CT molecular complexity index is 812. The number of likely N-dealkylation sites (tertiary alicyclic amines) is 1. The van der Waals surface area contributed by atoms with Crippen molar-refractivity contribution in [2.45, 2.75) is 18.4 Å². The number of likely N-dealkylation sites (N-methyl/N-ethyl adjacent to an activating group) is 1. The topological polar surface area (TPSA) is 48.7 Å². The Morgan fingerprint density at radius 1 is 1.36 bits per heavy atom. The van der Waals surface area contributed by atoms with Crippen molar-refractivity contribution in [2.24, 2.45) is 12.0 Å². The summed E-state index contributed by atoms with van der Waals surface area (Å²) in [6, 6.07) is 3.52. The molecule has 1 aromatic carbocycles. The molecule has 2 heterocycles. The minimum atomic E-state index is -0.534. The molecule has 1 saturated heterocycles. The van der Waals surface area contributed by atoms with Crippen LogP contribution in [-0.2, 0) is 7.05 Å². The Hall–Kier alpha value is -2.48. The maximum Gasteiger partial charge on any atom is 0.193 e. The predicted octanol–water partition coefficient (Wildman–Crippen LogP) is 2.37. The molecule has 1 aliphatic heterocycles. The number of nitrogens with one attached hydrogen (secondary N) is 1. The summed E-state index contributed by atoms with van der Waals surface area (Å²) in [5, 5.41) is 7.56. The number of halogens is 2. The average molecular weight is 390 g/mol. The molecule has 0 radical (unpaired) electrons. The van der Waals surface area contributed by atoms with Gasteiger partial charge in [-0.2, -0.15) is 5.10 Å². The van der Waals surface area contributed by atoms with E-state index in [0.717, 1.165) is 25.5 Å². The van der Waals surface area contributed by atoms with Crippen molar-refractivity contribution >= 4 is 5.96 Å². The zero-order valence-electron chi connectivity index (χ0n) is 16.9. The second-order valence-electron chi connectivity index (χ2n) is 7.42. The van der Waals surface area contributed by atoms with Gasteiger partial charge < -0.3 is 15.1 Å². The Balaban J connectivity index is 1.67. The molecule has 0 bridgehead atoms. The van der Waals surface area contributed by atoms with Gasteiger partial charge in [-0.05, 0) is 38.2 Å². The number of hydrogen-bond acceptors (Lipinski definition) is 3. The van der Waals surface area contributed by atoms with Gasteiger partial charge in [0.15, 0.2) is 5.96 Å². The van der Waals surface area contributed by atoms with Crippen molar-refractivity contribution in [2.75, 3.05) is 40.8 Å². The Morgan fingerprint density at radius 2 is 2.07 bits per heavy atom. The van der Waals surface area contributed by atoms with E-state index >= 15 is 0 Å². The van der Waals surface area contributed by atoms with Crippen LogP contribution in [0, 0.1) is 11.6 Å². The first-order chi connectivity index (χ1) is 13.4. The molecule has 0 aliphatic carbocycles. The van der Waals surface area contributed by atoms with Crippen LogP contribution in [0.15, 0.2) is 35.6 Å². The third-order valence-electron chi connectivity index (χ3n) is 5.31. The fourth-order valence-corrected chi connectivity index (χ4v) is 3.77. The van der Waals surface area contributed by atoms with E-state index in [1.165, 1.54) is 23.8 Å². The number of aliphatic imine (C=N–C) groups is 1. The largest absolute Gasteiger partial charge is 0.354 e. The smallest absolute Gasteiger partial charge is 0.193 e. The quantitative estimate of drug-likeness (QED) is 0.629. The van der Waals surface area contributed by atoms with Crippen LogP contribution in [-0.4, -0.2) is 66.3 Å². The van der Waals surface area contributed by atoms with Gasteiger partial charge in [-0.25, -0.2) is 8.78 Å². The average Bonchev–Trinajstić information content (AvgIpc) is 3.29. The summed E-state index contributed by atoms with van der Waals surface area (Å²) >= 11 is 0. The molecule has 0 spiro atoms. The van der Waals surface area contributed by atoms with E-state index < -0.39 is 17.7 Å². The summed E-state index contributed by atoms with van der Waals surface area (Å²) in [6.07, 6.45) is 4.98. The summed E-state index contributed by atoms with van der Waals surface area (Å²) in [5.41, 5.74) is 1.30. The lowest BCUT2D eigenvalue weighted by Gasteiger charge is -2.28. The minimum Gasteiger partial charge on any atom is -0.354 e. The highest BCUT2D eigenvalue weighted by Crippen LogP contribution is 2.27. The highest BCUT2D eigenvalue weighted by molar-refractivity contribution is 5.80. The van der Waals surface area contributed by atoms with E-state index in [2.05, 4.69) is 20.3 Å². The van der Waals surface area contributed by atoms with E-state index in [4.69, 9.17) is 0 Å². The molecule has 2 unspecified atom stereocenters. The summed E-state index contributed by atoms with van der Waals surface area (Å²) in [7, 11) is 7.28. The molecular formula is C20H28F2N6. The lowest BCUT2D eigenvalue weighted by molar-refractivity contribution is 0.280. The molecule has 6 nitrogen and oxygen atoms in total. The molecule has 2 aromatic rings. The van der Waals surface area contributed by atoms with E-state index in [9.17, 15) is 8.78 Å². The molecule has 1 aliphatic rings. The molecular weight excluding hydrogens is 362 g/mol. The summed E-state index contributed by atoms with van der Waals surface area (Å²) < 4.78 is 30.3. The van der Waals surface area contributed by atoms with Gasteiger partial charge in [0.2, 0.25) is 0 Å². The van der Waals surface area contributed by atoms with E-state index in [1.54, 1.807) is 7.05 Å². The first kappa shape index (κ1) is 20.3. The summed E-state index contributed by atoms with van der Waals surface area (Å²) in [6.45, 7) is 2.07. The van der Waals surface area contributed by atoms with Gasteiger partial charge in [0.1, 0.15) is 11.6 Å². The normalized spacial score (nSPS) is 18.8. The van der Waals surface area contributed by atoms with Crippen LogP contribution >= 0.6 is 0 Å². The van der Waals surface area contributed by atoms with Gasteiger partial charge in [-0.1, -0.05) is 6.07 Å². The number of benzene rings is 1. The molecule has 8 heteroatoms. The van der Waals surface area contributed by atoms with Crippen LogP contribution in [0.4, 0.5) is 8.78 Å². The molecule has 28 heavy (non-hydrogen) atoms. The molecule has 1 N–H and O–H groups in total. The lowest BCUT2D eigenvalue weighted by atomic mass is 10.0. The van der Waals surface area contributed by atoms with Gasteiger partial charge >= 0.3 is 0 Å². The van der Waals surface area contributed by atoms with Crippen LogP contribution in [0.25, 0.3) is 0 Å². The number of aromatic nitrogens is 2. The molecule has 1 aromatic heterocycles. The van der Waals surface area contributed by atoms with Gasteiger partial charge in [0.25, 0.3) is 0 Å². The lowest BCUT2D eigenvalue weighted by Crippen LogP contribution is -2.43. The molecule has 0 amide bonds. The van der Waals surface area contributed by atoms with Crippen molar-refractivity contribution in [3.05, 3.63) is 53.4 Å². The SMILES string of the molecule is CN=C(NCC(c1c(F)cccc1F)N(C)C)N1CCC(c2cnn(C)c2)C1. The van der Waals surface area contributed by atoms with Crippen LogP contribution in [0.2, 0.25) is 0 Å². The molecule has 152 valence electrons. The number of hydrogen-bond donors (Lipinski definition) is 1. The summed E-state index contributed by atoms with van der Waals surface area (Å²) in [5.74, 6) is 0.0810. The van der Waals surface area contributed by atoms with Gasteiger partial charge in [-0.3, -0.25) is 9.67 Å². The second kappa shape index (κ2) is 8.68. The number of nitrogens with zero attached hydrogens (tertiary/aromatic N) is 5. The predicted molar refractivity (Wildman–Crippen MR) is 106 cm³/mol. The first-order valence-corrected chi connectivity index (χ1v) is 9.45. The van der Waals surface area contributed by atoms with Crippen molar-refractivity contribution in [3.63, 3.8) is 0 Å². The fourth-order valence-electron chi connectivity index (χ4n) is 3.77. The van der Waals surface area contributed by atoms with Crippen molar-refractivity contribution in [3.8, 4) is 0 Å². The van der Waals surface area contributed by atoms with E-state index in [1.807, 2.05) is 43.1 Å². The van der Waals surface area contributed by atoms with Gasteiger partial charge in [0, 0.05) is 51.4 Å². The van der Waals surface area contributed by atoms with Crippen LogP contribution in [0.1, 0.15) is 29.5 Å². The Morgan fingerprint density at radius 3 is 2.64 bits per heavy atom. The van der Waals surface area contributed by atoms with Crippen molar-refractivity contribution in [1.82, 2.24) is 24.9 Å². The first-order valence-electron chi connectivity index (χ1n) is 9.45. The van der Waals surface area contributed by atoms with Crippen LogP contribution in [0.3, 0.4) is 0 Å². The molecule has 0 saturated carbocycles. The number of aryl methyl sites for hydroxylation is 1. The Kier molecular flexibility index (Phi) is 6.28. The van der Waals surface area contributed by atoms with E-state index in [0.29, 0.717) is 12.5 Å². The fraction of sp³-hybridized carbons (Fsp3) is 0.500. The molecule has 2 atom stereocenters. The minimum absolute atomic E-state index is 0.0742. The third-order valence-corrected chi connectivity index (χ3v) is 5.31. The van der Waals surface area contributed by atoms with E-state index in [-0.39, 0.29) is 5.56 Å². The monoisotopic (exact) mass is 390 g/mol. The van der Waals surface area contributed by atoms with Crippen molar-refractivity contribution in [1.29, 1.82) is 0 Å². The highest BCUT2D eigenvalue weighted by Gasteiger charge is 2.28. The number of rotatable bonds is 5. The van der Waals surface area contributed by atoms with Crippen molar-refractivity contribution < 1.29 is 8.78 Å². The van der Waals surface area contributed by atoms with Crippen LogP contribution in [0.5, 0.6) is 0 Å². The second-order valence-corrected chi connectivity index (χ2v) is 7.42. The molecule has 3 rings (SSSR count). The highest BCUT2D eigenvalue weighted by atomic mass is 19.1.